The van der Waals surface area contributed by atoms with E-state index < -0.39 is 23.3 Å². The lowest BCUT2D eigenvalue weighted by Gasteiger charge is -2.18. The molecule has 0 spiro atoms. The summed E-state index contributed by atoms with van der Waals surface area (Å²) < 4.78 is 0. The van der Waals surface area contributed by atoms with Crippen molar-refractivity contribution in [3.8, 4) is 0 Å². The molecule has 0 fully saturated rings. The molecule has 1 aromatic heterocycles. The molecule has 0 aliphatic carbocycles. The molecule has 0 saturated heterocycles. The lowest BCUT2D eigenvalue weighted by molar-refractivity contribution is -0.114. The third-order valence-corrected chi connectivity index (χ3v) is 9.14. The molecule has 3 aromatic carbocycles. The Balaban J connectivity index is 1.43. The van der Waals surface area contributed by atoms with Gasteiger partial charge in [-0.25, -0.2) is 4.79 Å². The molecule has 0 atom stereocenters. The molecular formula is C40H52N10O6. The van der Waals surface area contributed by atoms with Crippen molar-refractivity contribution in [1.29, 1.82) is 0 Å². The average Bonchev–Trinajstić information content (AvgIpc) is 3.57. The van der Waals surface area contributed by atoms with E-state index in [1.54, 1.807) is 30.3 Å². The molecule has 0 aliphatic rings. The number of carbonyl (C=O) groups is 5. The highest BCUT2D eigenvalue weighted by Gasteiger charge is 2.19. The number of hydrazone groups is 1. The molecular weight excluding hydrogens is 717 g/mol. The first kappa shape index (κ1) is 42.6. The van der Waals surface area contributed by atoms with Crippen LogP contribution in [0.15, 0.2) is 70.6 Å². The fourth-order valence-corrected chi connectivity index (χ4v) is 5.86. The molecule has 16 nitrogen and oxygen atoms in total. The number of carbonyl (C=O) groups excluding carboxylic acids is 5. The quantitative estimate of drug-likeness (QED) is 0.0282. The number of H-pyrrole nitrogens is 2. The Morgan fingerprint density at radius 2 is 1.14 bits per heavy atom. The summed E-state index contributed by atoms with van der Waals surface area (Å²) in [4.78, 5) is 86.3. The van der Waals surface area contributed by atoms with E-state index in [1.807, 2.05) is 0 Å². The minimum Gasteiger partial charge on any atom is -0.352 e. The van der Waals surface area contributed by atoms with Crippen molar-refractivity contribution in [2.75, 3.05) is 68.4 Å². The number of hydrogen-bond donors (Lipinski definition) is 7. The van der Waals surface area contributed by atoms with E-state index in [4.69, 9.17) is 0 Å². The minimum absolute atomic E-state index is 0.238. The summed E-state index contributed by atoms with van der Waals surface area (Å²) in [7, 11) is 0. The maximum atomic E-state index is 13.4. The summed E-state index contributed by atoms with van der Waals surface area (Å²) >= 11 is 0. The standard InChI is InChI=1S/C40H52N10O6/c1-6-49(7-2)20-10-18-41-36(52)28-22-29(37(53)42-19-11-21-50(8-3)9-4)24-32(23-28)44-38(54)27-12-14-30(15-13-27)47-48-35(26(5)51)39(55)43-31-16-17-33-34(25-31)46-40(56)45-33/h12-17,22-25,47H,6-11,18-21H2,1-5H3,(H,41,52)(H,42,53)(H,43,55)(H,44,54)(H2,45,46,56)/b48-35+. The highest BCUT2D eigenvalue weighted by atomic mass is 16.2. The molecule has 0 aliphatic heterocycles. The molecule has 7 N–H and O–H groups in total. The maximum absolute atomic E-state index is 13.4. The number of aromatic nitrogens is 2. The van der Waals surface area contributed by atoms with Crippen LogP contribution in [-0.2, 0) is 9.59 Å². The molecule has 0 saturated carbocycles. The summed E-state index contributed by atoms with van der Waals surface area (Å²) in [6.45, 7) is 15.8. The summed E-state index contributed by atoms with van der Waals surface area (Å²) in [5, 5.41) is 15.2. The highest BCUT2D eigenvalue weighted by molar-refractivity contribution is 6.67. The van der Waals surface area contributed by atoms with E-state index in [2.05, 4.69) is 79.3 Å². The van der Waals surface area contributed by atoms with Crippen LogP contribution in [0.5, 0.6) is 0 Å². The predicted molar refractivity (Wildman–Crippen MR) is 220 cm³/mol. The van der Waals surface area contributed by atoms with Gasteiger partial charge < -0.3 is 41.0 Å². The number of amides is 4. The van der Waals surface area contributed by atoms with Gasteiger partial charge in [-0.2, -0.15) is 5.10 Å². The highest BCUT2D eigenvalue weighted by Crippen LogP contribution is 2.19. The van der Waals surface area contributed by atoms with Gasteiger partial charge in [0.05, 0.1) is 16.7 Å². The number of anilines is 3. The number of nitrogens with zero attached hydrogens (tertiary/aromatic N) is 3. The molecule has 1 heterocycles. The molecule has 4 rings (SSSR count). The smallest absolute Gasteiger partial charge is 0.323 e. The van der Waals surface area contributed by atoms with E-state index >= 15 is 0 Å². The number of nitrogens with one attached hydrogen (secondary N) is 7. The summed E-state index contributed by atoms with van der Waals surface area (Å²) in [5.41, 5.74) is 4.67. The van der Waals surface area contributed by atoms with Gasteiger partial charge in [-0.15, -0.1) is 0 Å². The zero-order valence-electron chi connectivity index (χ0n) is 32.6. The Labute approximate surface area is 325 Å². The first-order valence-electron chi connectivity index (χ1n) is 18.9. The van der Waals surface area contributed by atoms with Crippen molar-refractivity contribution in [2.45, 2.75) is 47.5 Å². The SMILES string of the molecule is CCN(CC)CCCNC(=O)c1cc(NC(=O)c2ccc(N/N=C(\C(C)=O)C(=O)Nc3ccc4[nH]c(=O)[nH]c4c3)cc2)cc(C(=O)NCCCN(CC)CC)c1. The largest absolute Gasteiger partial charge is 0.352 e. The summed E-state index contributed by atoms with van der Waals surface area (Å²) in [6, 6.07) is 15.4. The fraction of sp³-hybridized carbons (Fsp3) is 0.375. The van der Waals surface area contributed by atoms with Gasteiger partial charge in [0.25, 0.3) is 23.6 Å². The van der Waals surface area contributed by atoms with Gasteiger partial charge >= 0.3 is 5.69 Å². The number of imidazole rings is 1. The summed E-state index contributed by atoms with van der Waals surface area (Å²) in [5.74, 6) is -2.56. The Morgan fingerprint density at radius 3 is 1.68 bits per heavy atom. The topological polar surface area (TPSA) is 213 Å². The molecule has 56 heavy (non-hydrogen) atoms. The van der Waals surface area contributed by atoms with Crippen LogP contribution in [0.25, 0.3) is 11.0 Å². The van der Waals surface area contributed by atoms with Crippen molar-refractivity contribution < 1.29 is 24.0 Å². The molecule has 0 radical (unpaired) electrons. The Morgan fingerprint density at radius 1 is 0.607 bits per heavy atom. The number of benzene rings is 3. The van der Waals surface area contributed by atoms with Crippen molar-refractivity contribution in [3.05, 3.63) is 87.8 Å². The molecule has 298 valence electrons. The van der Waals surface area contributed by atoms with Crippen LogP contribution in [0.1, 0.15) is 78.5 Å². The van der Waals surface area contributed by atoms with Crippen LogP contribution in [0.3, 0.4) is 0 Å². The first-order valence-corrected chi connectivity index (χ1v) is 18.9. The third kappa shape index (κ3) is 12.5. The van der Waals surface area contributed by atoms with Crippen LogP contribution >= 0.6 is 0 Å². The van der Waals surface area contributed by atoms with Crippen LogP contribution in [0.2, 0.25) is 0 Å². The van der Waals surface area contributed by atoms with Gasteiger partial charge in [-0.3, -0.25) is 29.4 Å². The van der Waals surface area contributed by atoms with E-state index in [-0.39, 0.29) is 39.9 Å². The number of rotatable bonds is 21. The summed E-state index contributed by atoms with van der Waals surface area (Å²) in [6.07, 6.45) is 1.52. The zero-order chi connectivity index (χ0) is 40.6. The van der Waals surface area contributed by atoms with Gasteiger partial charge in [0.1, 0.15) is 0 Å². The Bertz CT molecular complexity index is 2030. The predicted octanol–water partition coefficient (Wildman–Crippen LogP) is 4.03. The van der Waals surface area contributed by atoms with E-state index in [0.29, 0.717) is 35.5 Å². The van der Waals surface area contributed by atoms with Gasteiger partial charge in [0.2, 0.25) is 0 Å². The number of aromatic amines is 2. The maximum Gasteiger partial charge on any atom is 0.323 e. The minimum atomic E-state index is -0.763. The second-order valence-electron chi connectivity index (χ2n) is 13.0. The first-order chi connectivity index (χ1) is 26.9. The third-order valence-electron chi connectivity index (χ3n) is 9.14. The van der Waals surface area contributed by atoms with E-state index in [0.717, 1.165) is 52.1 Å². The fourth-order valence-electron chi connectivity index (χ4n) is 5.86. The Kier molecular flexibility index (Phi) is 16.0. The van der Waals surface area contributed by atoms with Crippen molar-refractivity contribution >= 4 is 63.2 Å². The van der Waals surface area contributed by atoms with E-state index in [1.165, 1.54) is 37.3 Å². The van der Waals surface area contributed by atoms with Crippen LogP contribution < -0.4 is 32.4 Å². The monoisotopic (exact) mass is 768 g/mol. The zero-order valence-corrected chi connectivity index (χ0v) is 32.6. The second kappa shape index (κ2) is 21.1. The molecule has 0 bridgehead atoms. The Hall–Kier alpha value is -6.13. The molecule has 4 aromatic rings. The van der Waals surface area contributed by atoms with Gasteiger partial charge in [0, 0.05) is 48.1 Å². The van der Waals surface area contributed by atoms with Crippen LogP contribution in [0, 0.1) is 0 Å². The molecule has 4 amide bonds. The lowest BCUT2D eigenvalue weighted by atomic mass is 10.1. The van der Waals surface area contributed by atoms with Gasteiger partial charge in [-0.1, -0.05) is 27.7 Å². The lowest BCUT2D eigenvalue weighted by Crippen LogP contribution is -2.31. The van der Waals surface area contributed by atoms with Crippen LogP contribution in [0.4, 0.5) is 17.1 Å². The van der Waals surface area contributed by atoms with Gasteiger partial charge in [-0.05, 0) is 113 Å². The average molecular weight is 769 g/mol. The normalized spacial score (nSPS) is 11.4. The van der Waals surface area contributed by atoms with Crippen molar-refractivity contribution in [1.82, 2.24) is 30.4 Å². The van der Waals surface area contributed by atoms with E-state index in [9.17, 15) is 28.8 Å². The second-order valence-corrected chi connectivity index (χ2v) is 13.0. The van der Waals surface area contributed by atoms with Gasteiger partial charge in [0.15, 0.2) is 11.5 Å². The van der Waals surface area contributed by atoms with Crippen molar-refractivity contribution in [3.63, 3.8) is 0 Å². The van der Waals surface area contributed by atoms with Crippen molar-refractivity contribution in [2.24, 2.45) is 5.10 Å². The number of ketones is 1. The number of Topliss-reactive ketones (excluding diaryl/α,β-unsaturated/α-hetero) is 1. The molecule has 0 unspecified atom stereocenters. The number of hydrogen-bond acceptors (Lipinski definition) is 10. The molecule has 16 heteroatoms. The number of fused-ring (bicyclic) bond motifs is 1. The van der Waals surface area contributed by atoms with Crippen LogP contribution in [-0.4, -0.2) is 107 Å².